The standard InChI is InChI=1S/C12H19N3O/c1-3-16-11-8-9(2)14-12(15-11)13-7-6-10-4-5-10/h8,10H,3-7H2,1-2H3,(H,13,14,15). The van der Waals surface area contributed by atoms with Crippen molar-refractivity contribution in [1.29, 1.82) is 0 Å². The molecule has 0 aliphatic heterocycles. The summed E-state index contributed by atoms with van der Waals surface area (Å²) in [6.07, 6.45) is 4.00. The summed E-state index contributed by atoms with van der Waals surface area (Å²) in [6, 6.07) is 1.86. The van der Waals surface area contributed by atoms with Crippen LogP contribution >= 0.6 is 0 Å². The second kappa shape index (κ2) is 5.14. The average Bonchev–Trinajstić information content (AvgIpc) is 3.01. The van der Waals surface area contributed by atoms with Gasteiger partial charge in [-0.25, -0.2) is 4.98 Å². The minimum atomic E-state index is 0.637. The quantitative estimate of drug-likeness (QED) is 0.801. The Hall–Kier alpha value is -1.32. The number of hydrogen-bond donors (Lipinski definition) is 1. The first-order valence-corrected chi connectivity index (χ1v) is 6.00. The molecular weight excluding hydrogens is 202 g/mol. The van der Waals surface area contributed by atoms with Crippen molar-refractivity contribution < 1.29 is 4.74 Å². The molecule has 4 heteroatoms. The van der Waals surface area contributed by atoms with Crippen LogP contribution in [-0.2, 0) is 0 Å². The van der Waals surface area contributed by atoms with E-state index in [1.807, 2.05) is 19.9 Å². The monoisotopic (exact) mass is 221 g/mol. The minimum absolute atomic E-state index is 0.637. The molecule has 1 aromatic rings. The molecule has 1 aliphatic carbocycles. The van der Waals surface area contributed by atoms with Gasteiger partial charge in [-0.3, -0.25) is 0 Å². The second-order valence-electron chi connectivity index (χ2n) is 4.26. The number of ether oxygens (including phenoxy) is 1. The Balaban J connectivity index is 1.90. The van der Waals surface area contributed by atoms with Gasteiger partial charge in [-0.15, -0.1) is 0 Å². The highest BCUT2D eigenvalue weighted by Crippen LogP contribution is 2.31. The van der Waals surface area contributed by atoms with Gasteiger partial charge >= 0.3 is 0 Å². The molecule has 0 bridgehead atoms. The predicted molar refractivity (Wildman–Crippen MR) is 63.8 cm³/mol. The SMILES string of the molecule is CCOc1cc(C)nc(NCCC2CC2)n1. The molecule has 1 heterocycles. The third kappa shape index (κ3) is 3.36. The number of hydrogen-bond acceptors (Lipinski definition) is 4. The fraction of sp³-hybridized carbons (Fsp3) is 0.667. The van der Waals surface area contributed by atoms with Crippen LogP contribution in [0.4, 0.5) is 5.95 Å². The van der Waals surface area contributed by atoms with Gasteiger partial charge in [-0.05, 0) is 26.2 Å². The third-order valence-electron chi connectivity index (χ3n) is 2.66. The van der Waals surface area contributed by atoms with Crippen molar-refractivity contribution in [1.82, 2.24) is 9.97 Å². The van der Waals surface area contributed by atoms with Crippen molar-refractivity contribution >= 4 is 5.95 Å². The molecule has 0 spiro atoms. The van der Waals surface area contributed by atoms with Crippen molar-refractivity contribution in [2.45, 2.75) is 33.1 Å². The van der Waals surface area contributed by atoms with Crippen LogP contribution in [0.3, 0.4) is 0 Å². The van der Waals surface area contributed by atoms with Crippen LogP contribution in [-0.4, -0.2) is 23.1 Å². The van der Waals surface area contributed by atoms with Gasteiger partial charge in [0.25, 0.3) is 0 Å². The number of nitrogens with one attached hydrogen (secondary N) is 1. The van der Waals surface area contributed by atoms with E-state index in [-0.39, 0.29) is 0 Å². The molecule has 0 atom stereocenters. The van der Waals surface area contributed by atoms with Crippen LogP contribution < -0.4 is 10.1 Å². The maximum absolute atomic E-state index is 5.38. The highest BCUT2D eigenvalue weighted by molar-refractivity contribution is 5.30. The van der Waals surface area contributed by atoms with E-state index in [9.17, 15) is 0 Å². The maximum atomic E-state index is 5.38. The smallest absolute Gasteiger partial charge is 0.226 e. The van der Waals surface area contributed by atoms with E-state index >= 15 is 0 Å². The zero-order valence-electron chi connectivity index (χ0n) is 9.99. The van der Waals surface area contributed by atoms with E-state index in [1.54, 1.807) is 0 Å². The predicted octanol–water partition coefficient (Wildman–Crippen LogP) is 2.40. The van der Waals surface area contributed by atoms with E-state index < -0.39 is 0 Å². The topological polar surface area (TPSA) is 47.0 Å². The largest absolute Gasteiger partial charge is 0.478 e. The lowest BCUT2D eigenvalue weighted by molar-refractivity contribution is 0.326. The summed E-state index contributed by atoms with van der Waals surface area (Å²) in [5, 5.41) is 3.25. The fourth-order valence-electron chi connectivity index (χ4n) is 1.64. The van der Waals surface area contributed by atoms with Gasteiger partial charge in [-0.1, -0.05) is 12.8 Å². The van der Waals surface area contributed by atoms with Gasteiger partial charge in [0.15, 0.2) is 0 Å². The molecule has 1 aliphatic rings. The first-order chi connectivity index (χ1) is 7.78. The van der Waals surface area contributed by atoms with Crippen molar-refractivity contribution in [3.05, 3.63) is 11.8 Å². The Kier molecular flexibility index (Phi) is 3.59. The third-order valence-corrected chi connectivity index (χ3v) is 2.66. The lowest BCUT2D eigenvalue weighted by Gasteiger charge is -2.07. The van der Waals surface area contributed by atoms with Gasteiger partial charge in [0.1, 0.15) is 0 Å². The molecule has 16 heavy (non-hydrogen) atoms. The van der Waals surface area contributed by atoms with E-state index in [0.717, 1.165) is 18.2 Å². The Morgan fingerprint density at radius 1 is 1.44 bits per heavy atom. The number of rotatable bonds is 6. The van der Waals surface area contributed by atoms with Crippen LogP contribution in [0.25, 0.3) is 0 Å². The summed E-state index contributed by atoms with van der Waals surface area (Å²) in [4.78, 5) is 8.63. The lowest BCUT2D eigenvalue weighted by Crippen LogP contribution is -2.08. The van der Waals surface area contributed by atoms with Crippen LogP contribution in [0.15, 0.2) is 6.07 Å². The Morgan fingerprint density at radius 3 is 2.94 bits per heavy atom. The summed E-state index contributed by atoms with van der Waals surface area (Å²) >= 11 is 0. The first kappa shape index (κ1) is 11.2. The zero-order valence-corrected chi connectivity index (χ0v) is 9.99. The molecule has 1 fully saturated rings. The Labute approximate surface area is 96.4 Å². The van der Waals surface area contributed by atoms with Crippen molar-refractivity contribution in [2.75, 3.05) is 18.5 Å². The normalized spacial score (nSPS) is 14.9. The summed E-state index contributed by atoms with van der Waals surface area (Å²) in [5.74, 6) is 2.27. The van der Waals surface area contributed by atoms with Crippen LogP contribution in [0.5, 0.6) is 5.88 Å². The first-order valence-electron chi connectivity index (χ1n) is 6.00. The molecule has 4 nitrogen and oxygen atoms in total. The van der Waals surface area contributed by atoms with Crippen molar-refractivity contribution in [3.8, 4) is 5.88 Å². The van der Waals surface area contributed by atoms with E-state index in [1.165, 1.54) is 19.3 Å². The van der Waals surface area contributed by atoms with E-state index in [0.29, 0.717) is 18.4 Å². The molecule has 0 amide bonds. The molecule has 1 saturated carbocycles. The van der Waals surface area contributed by atoms with Gasteiger partial charge in [-0.2, -0.15) is 4.98 Å². The number of aromatic nitrogens is 2. The highest BCUT2D eigenvalue weighted by atomic mass is 16.5. The summed E-state index contributed by atoms with van der Waals surface area (Å²) in [6.45, 7) is 5.51. The second-order valence-corrected chi connectivity index (χ2v) is 4.26. The Bertz CT molecular complexity index is 350. The number of nitrogens with zero attached hydrogens (tertiary/aromatic N) is 2. The van der Waals surface area contributed by atoms with Gasteiger partial charge in [0.05, 0.1) is 6.61 Å². The van der Waals surface area contributed by atoms with Gasteiger partial charge in [0.2, 0.25) is 11.8 Å². The number of anilines is 1. The Morgan fingerprint density at radius 2 is 2.25 bits per heavy atom. The zero-order chi connectivity index (χ0) is 11.4. The minimum Gasteiger partial charge on any atom is -0.478 e. The summed E-state index contributed by atoms with van der Waals surface area (Å²) < 4.78 is 5.38. The molecule has 1 aromatic heterocycles. The average molecular weight is 221 g/mol. The van der Waals surface area contributed by atoms with E-state index in [4.69, 9.17) is 4.74 Å². The van der Waals surface area contributed by atoms with Gasteiger partial charge in [0, 0.05) is 18.3 Å². The molecule has 0 saturated heterocycles. The van der Waals surface area contributed by atoms with Crippen molar-refractivity contribution in [3.63, 3.8) is 0 Å². The summed E-state index contributed by atoms with van der Waals surface area (Å²) in [7, 11) is 0. The molecule has 2 rings (SSSR count). The highest BCUT2D eigenvalue weighted by Gasteiger charge is 2.20. The molecule has 1 N–H and O–H groups in total. The molecule has 0 unspecified atom stereocenters. The molecular formula is C12H19N3O. The maximum Gasteiger partial charge on any atom is 0.226 e. The molecule has 88 valence electrons. The summed E-state index contributed by atoms with van der Waals surface area (Å²) in [5.41, 5.74) is 0.937. The van der Waals surface area contributed by atoms with Crippen molar-refractivity contribution in [2.24, 2.45) is 5.92 Å². The molecule has 0 radical (unpaired) electrons. The lowest BCUT2D eigenvalue weighted by atomic mass is 10.3. The van der Waals surface area contributed by atoms with Gasteiger partial charge < -0.3 is 10.1 Å². The van der Waals surface area contributed by atoms with E-state index in [2.05, 4.69) is 15.3 Å². The fourth-order valence-corrected chi connectivity index (χ4v) is 1.64. The molecule has 0 aromatic carbocycles. The van der Waals surface area contributed by atoms with Crippen LogP contribution in [0, 0.1) is 12.8 Å². The van der Waals surface area contributed by atoms with Crippen LogP contribution in [0.1, 0.15) is 31.9 Å². The number of aryl methyl sites for hydroxylation is 1. The van der Waals surface area contributed by atoms with Crippen LogP contribution in [0.2, 0.25) is 0 Å².